The van der Waals surface area contributed by atoms with Crippen molar-refractivity contribution in [3.63, 3.8) is 0 Å². The molecule has 0 aliphatic heterocycles. The molecule has 0 fully saturated rings. The van der Waals surface area contributed by atoms with Crippen LogP contribution < -0.4 is 11.3 Å². The maximum absolute atomic E-state index is 4.99. The Labute approximate surface area is 50.0 Å². The van der Waals surface area contributed by atoms with Crippen LogP contribution in [0.3, 0.4) is 0 Å². The van der Waals surface area contributed by atoms with Crippen molar-refractivity contribution >= 4 is 0 Å². The fourth-order valence-corrected chi connectivity index (χ4v) is 0.326. The Hall–Kier alpha value is -0.600. The number of nitrogens with one attached hydrogen (secondary N) is 1. The molecule has 0 aliphatic carbocycles. The molecule has 0 aromatic heterocycles. The fraction of sp³-hybridized carbons (Fsp3) is 0.333. The molecule has 0 spiro atoms. The maximum atomic E-state index is 4.99. The van der Waals surface area contributed by atoms with Gasteiger partial charge in [-0.1, -0.05) is 24.3 Å². The predicted octanol–water partition coefficient (Wildman–Crippen LogP) is 0.582. The van der Waals surface area contributed by atoms with Crippen molar-refractivity contribution in [1.29, 1.82) is 0 Å². The van der Waals surface area contributed by atoms with Crippen molar-refractivity contribution in [2.75, 3.05) is 6.54 Å². The first-order chi connectivity index (χ1) is 3.91. The van der Waals surface area contributed by atoms with Gasteiger partial charge >= 0.3 is 0 Å². The summed E-state index contributed by atoms with van der Waals surface area (Å²) >= 11 is 0. The highest BCUT2D eigenvalue weighted by molar-refractivity contribution is 5.01. The van der Waals surface area contributed by atoms with Gasteiger partial charge in [0.15, 0.2) is 0 Å². The Balaban J connectivity index is 3.07. The first-order valence-corrected chi connectivity index (χ1v) is 2.63. The van der Waals surface area contributed by atoms with Crippen LogP contribution in [0.2, 0.25) is 0 Å². The smallest absolute Gasteiger partial charge is 0.0281 e. The van der Waals surface area contributed by atoms with Crippen LogP contribution in [-0.2, 0) is 0 Å². The number of hydrazine groups is 1. The molecule has 8 heavy (non-hydrogen) atoms. The normalized spacial score (nSPS) is 11.8. The van der Waals surface area contributed by atoms with Gasteiger partial charge in [-0.2, -0.15) is 0 Å². The second kappa shape index (κ2) is 6.40. The zero-order valence-electron chi connectivity index (χ0n) is 5.09. The molecule has 3 N–H and O–H groups in total. The first kappa shape index (κ1) is 7.40. The monoisotopic (exact) mass is 112 g/mol. The molecule has 0 bridgehead atoms. The van der Waals surface area contributed by atoms with Crippen LogP contribution in [0.1, 0.15) is 6.92 Å². The van der Waals surface area contributed by atoms with Crippen LogP contribution in [-0.4, -0.2) is 6.54 Å². The van der Waals surface area contributed by atoms with Gasteiger partial charge in [0.25, 0.3) is 0 Å². The molecule has 2 heteroatoms. The van der Waals surface area contributed by atoms with Gasteiger partial charge in [0.2, 0.25) is 0 Å². The van der Waals surface area contributed by atoms with Gasteiger partial charge in [-0.05, 0) is 6.92 Å². The van der Waals surface area contributed by atoms with Crippen LogP contribution >= 0.6 is 0 Å². The van der Waals surface area contributed by atoms with E-state index in [1.54, 1.807) is 0 Å². The molecule has 46 valence electrons. The largest absolute Gasteiger partial charge is 0.271 e. The lowest BCUT2D eigenvalue weighted by Gasteiger charge is -1.83. The van der Waals surface area contributed by atoms with Gasteiger partial charge in [0, 0.05) is 6.54 Å². The second-order valence-electron chi connectivity index (χ2n) is 1.36. The highest BCUT2D eigenvalue weighted by Crippen LogP contribution is 1.72. The van der Waals surface area contributed by atoms with Crippen LogP contribution in [0, 0.1) is 0 Å². The topological polar surface area (TPSA) is 38.0 Å². The van der Waals surface area contributed by atoms with Crippen molar-refractivity contribution in [3.8, 4) is 0 Å². The van der Waals surface area contributed by atoms with E-state index in [1.165, 1.54) is 0 Å². The third-order valence-electron chi connectivity index (χ3n) is 0.675. The molecule has 0 saturated heterocycles. The summed E-state index contributed by atoms with van der Waals surface area (Å²) in [5, 5.41) is 0. The molecule has 0 radical (unpaired) electrons. The third-order valence-corrected chi connectivity index (χ3v) is 0.675. The van der Waals surface area contributed by atoms with E-state index in [1.807, 2.05) is 31.2 Å². The molecule has 0 atom stereocenters. The van der Waals surface area contributed by atoms with E-state index in [-0.39, 0.29) is 0 Å². The summed E-state index contributed by atoms with van der Waals surface area (Å²) in [4.78, 5) is 0. The minimum atomic E-state index is 0.727. The van der Waals surface area contributed by atoms with Gasteiger partial charge in [0.1, 0.15) is 0 Å². The molecule has 0 rings (SSSR count). The van der Waals surface area contributed by atoms with Crippen LogP contribution in [0.15, 0.2) is 24.3 Å². The minimum absolute atomic E-state index is 0.727. The van der Waals surface area contributed by atoms with Crippen molar-refractivity contribution in [3.05, 3.63) is 24.3 Å². The summed E-state index contributed by atoms with van der Waals surface area (Å²) in [5.41, 5.74) is 2.51. The van der Waals surface area contributed by atoms with Crippen molar-refractivity contribution in [1.82, 2.24) is 5.43 Å². The second-order valence-corrected chi connectivity index (χ2v) is 1.36. The average molecular weight is 112 g/mol. The molecule has 0 heterocycles. The molecular weight excluding hydrogens is 100 g/mol. The molecule has 0 saturated carbocycles. The van der Waals surface area contributed by atoms with Crippen molar-refractivity contribution in [2.24, 2.45) is 5.84 Å². The van der Waals surface area contributed by atoms with E-state index in [0.29, 0.717) is 0 Å². The maximum Gasteiger partial charge on any atom is 0.0281 e. The van der Waals surface area contributed by atoms with E-state index in [2.05, 4.69) is 5.43 Å². The van der Waals surface area contributed by atoms with E-state index in [0.717, 1.165) is 6.54 Å². The van der Waals surface area contributed by atoms with E-state index >= 15 is 0 Å². The van der Waals surface area contributed by atoms with Crippen molar-refractivity contribution < 1.29 is 0 Å². The Kier molecular flexibility index (Phi) is 5.92. The summed E-state index contributed by atoms with van der Waals surface area (Å²) in [5.74, 6) is 4.99. The summed E-state index contributed by atoms with van der Waals surface area (Å²) in [7, 11) is 0. The number of allylic oxidation sites excluding steroid dienone is 3. The highest BCUT2D eigenvalue weighted by atomic mass is 15.2. The lowest BCUT2D eigenvalue weighted by Crippen LogP contribution is -2.21. The summed E-state index contributed by atoms with van der Waals surface area (Å²) in [6.07, 6.45) is 7.81. The van der Waals surface area contributed by atoms with Crippen LogP contribution in [0.4, 0.5) is 0 Å². The predicted molar refractivity (Wildman–Crippen MR) is 36.1 cm³/mol. The number of nitrogens with two attached hydrogens (primary N) is 1. The average Bonchev–Trinajstić information content (AvgIpc) is 1.81. The van der Waals surface area contributed by atoms with Gasteiger partial charge in [-0.25, -0.2) is 0 Å². The standard InChI is InChI=1S/C6H12N2/c1-2-3-4-5-6-8-7/h2-5,8H,6-7H2,1H3. The van der Waals surface area contributed by atoms with Crippen LogP contribution in [0.25, 0.3) is 0 Å². The van der Waals surface area contributed by atoms with E-state index in [4.69, 9.17) is 5.84 Å². The molecular formula is C6H12N2. The van der Waals surface area contributed by atoms with Gasteiger partial charge in [-0.15, -0.1) is 0 Å². The van der Waals surface area contributed by atoms with Gasteiger partial charge in [-0.3, -0.25) is 11.3 Å². The Morgan fingerprint density at radius 2 is 2.25 bits per heavy atom. The quantitative estimate of drug-likeness (QED) is 0.318. The van der Waals surface area contributed by atoms with Crippen molar-refractivity contribution in [2.45, 2.75) is 6.92 Å². The number of hydrogen-bond donors (Lipinski definition) is 2. The molecule has 0 amide bonds. The van der Waals surface area contributed by atoms with Gasteiger partial charge < -0.3 is 0 Å². The Bertz CT molecular complexity index is 84.5. The SMILES string of the molecule is CC=CC=CCNN. The van der Waals surface area contributed by atoms with Gasteiger partial charge in [0.05, 0.1) is 0 Å². The zero-order valence-corrected chi connectivity index (χ0v) is 5.09. The molecule has 0 unspecified atom stereocenters. The molecule has 2 nitrogen and oxygen atoms in total. The zero-order chi connectivity index (χ0) is 6.24. The molecule has 0 aromatic rings. The number of hydrogen-bond acceptors (Lipinski definition) is 2. The molecule has 0 aromatic carbocycles. The highest BCUT2D eigenvalue weighted by Gasteiger charge is 1.64. The summed E-state index contributed by atoms with van der Waals surface area (Å²) in [6.45, 7) is 2.70. The third kappa shape index (κ3) is 5.40. The van der Waals surface area contributed by atoms with Crippen LogP contribution in [0.5, 0.6) is 0 Å². The summed E-state index contributed by atoms with van der Waals surface area (Å²) in [6, 6.07) is 0. The Morgan fingerprint density at radius 3 is 2.75 bits per heavy atom. The first-order valence-electron chi connectivity index (χ1n) is 2.63. The summed E-state index contributed by atoms with van der Waals surface area (Å²) < 4.78 is 0. The minimum Gasteiger partial charge on any atom is -0.271 e. The Morgan fingerprint density at radius 1 is 1.50 bits per heavy atom. The molecule has 0 aliphatic rings. The van der Waals surface area contributed by atoms with E-state index in [9.17, 15) is 0 Å². The lowest BCUT2D eigenvalue weighted by atomic mass is 10.4. The lowest BCUT2D eigenvalue weighted by molar-refractivity contribution is 0.823. The fourth-order valence-electron chi connectivity index (χ4n) is 0.326. The van der Waals surface area contributed by atoms with E-state index < -0.39 is 0 Å². The number of rotatable bonds is 3.